The molecule has 10 heteroatoms. The van der Waals surface area contributed by atoms with E-state index in [1.165, 1.54) is 34.6 Å². The Morgan fingerprint density at radius 1 is 1.20 bits per heavy atom. The van der Waals surface area contributed by atoms with Crippen LogP contribution in [0.5, 0.6) is 0 Å². The van der Waals surface area contributed by atoms with Crippen molar-refractivity contribution in [3.05, 3.63) is 56.7 Å². The lowest BCUT2D eigenvalue weighted by Gasteiger charge is -2.11. The van der Waals surface area contributed by atoms with Crippen molar-refractivity contribution in [2.24, 2.45) is 7.05 Å². The van der Waals surface area contributed by atoms with Gasteiger partial charge in [-0.1, -0.05) is 31.9 Å². The summed E-state index contributed by atoms with van der Waals surface area (Å²) in [6.07, 6.45) is 0. The van der Waals surface area contributed by atoms with Crippen LogP contribution < -0.4 is 5.32 Å². The van der Waals surface area contributed by atoms with Crippen LogP contribution in [0.2, 0.25) is 0 Å². The minimum atomic E-state index is -0.595. The minimum Gasteiger partial charge on any atom is -0.321 e. The molecule has 0 fully saturated rings. The second-order valence-corrected chi connectivity index (χ2v) is 7.75. The molecule has 0 aliphatic rings. The van der Waals surface area contributed by atoms with Crippen LogP contribution in [0.4, 0.5) is 10.1 Å². The molecule has 0 aliphatic heterocycles. The number of anilines is 1. The molecule has 0 radical (unpaired) electrons. The van der Waals surface area contributed by atoms with Crippen molar-refractivity contribution < 1.29 is 9.18 Å². The Balaban J connectivity index is 1.91. The van der Waals surface area contributed by atoms with Gasteiger partial charge in [-0.3, -0.25) is 4.79 Å². The molecular weight excluding hydrogens is 477 g/mol. The van der Waals surface area contributed by atoms with E-state index in [0.29, 0.717) is 15.3 Å². The highest BCUT2D eigenvalue weighted by Crippen LogP contribution is 2.34. The van der Waals surface area contributed by atoms with E-state index in [9.17, 15) is 9.18 Å². The average molecular weight is 487 g/mol. The van der Waals surface area contributed by atoms with Gasteiger partial charge in [-0.2, -0.15) is 0 Å². The molecule has 0 unspecified atom stereocenters. The maximum Gasteiger partial charge on any atom is 0.258 e. The zero-order valence-corrected chi connectivity index (χ0v) is 16.7. The lowest BCUT2D eigenvalue weighted by Crippen LogP contribution is -2.14. The van der Waals surface area contributed by atoms with Crippen LogP contribution >= 0.6 is 43.6 Å². The summed E-state index contributed by atoms with van der Waals surface area (Å²) in [7, 11) is 1.72. The van der Waals surface area contributed by atoms with Crippen molar-refractivity contribution in [2.75, 3.05) is 5.32 Å². The van der Waals surface area contributed by atoms with Gasteiger partial charge in [0.15, 0.2) is 0 Å². The first kappa shape index (κ1) is 18.0. The molecule has 0 atom stereocenters. The number of benzene rings is 2. The molecule has 0 spiro atoms. The van der Waals surface area contributed by atoms with Crippen molar-refractivity contribution in [1.29, 1.82) is 0 Å². The number of halogens is 3. The number of nitrogens with zero attached hydrogens (tertiary/aromatic N) is 4. The predicted octanol–water partition coefficient (Wildman–Crippen LogP) is 4.28. The summed E-state index contributed by atoms with van der Waals surface area (Å²) in [5.41, 5.74) is 0.470. The van der Waals surface area contributed by atoms with E-state index in [0.717, 1.165) is 9.37 Å². The number of hydrogen-bond acceptors (Lipinski definition) is 5. The molecule has 25 heavy (non-hydrogen) atoms. The normalized spacial score (nSPS) is 10.7. The molecule has 0 saturated carbocycles. The van der Waals surface area contributed by atoms with Gasteiger partial charge < -0.3 is 5.32 Å². The summed E-state index contributed by atoms with van der Waals surface area (Å²) in [5, 5.41) is 14.6. The fourth-order valence-electron chi connectivity index (χ4n) is 1.96. The highest BCUT2D eigenvalue weighted by atomic mass is 79.9. The Hall–Kier alpha value is -1.78. The van der Waals surface area contributed by atoms with E-state index in [2.05, 4.69) is 52.7 Å². The van der Waals surface area contributed by atoms with E-state index in [4.69, 9.17) is 0 Å². The topological polar surface area (TPSA) is 72.7 Å². The van der Waals surface area contributed by atoms with Crippen molar-refractivity contribution in [2.45, 2.75) is 10.1 Å². The second-order valence-electron chi connectivity index (χ2n) is 4.91. The zero-order valence-electron chi connectivity index (χ0n) is 12.7. The molecular formula is C15H10Br2FN5OS. The maximum atomic E-state index is 13.9. The number of rotatable bonds is 4. The number of amides is 1. The maximum absolute atomic E-state index is 13.9. The minimum absolute atomic E-state index is 0.0503. The highest BCUT2D eigenvalue weighted by Gasteiger charge is 2.16. The lowest BCUT2D eigenvalue weighted by molar-refractivity contribution is 0.102. The Kier molecular flexibility index (Phi) is 5.50. The van der Waals surface area contributed by atoms with Crippen molar-refractivity contribution in [1.82, 2.24) is 20.2 Å². The molecule has 0 bridgehead atoms. The lowest BCUT2D eigenvalue weighted by atomic mass is 10.2. The van der Waals surface area contributed by atoms with Crippen molar-refractivity contribution in [3.8, 4) is 0 Å². The molecule has 3 rings (SSSR count). The summed E-state index contributed by atoms with van der Waals surface area (Å²) in [5.74, 6) is -1.14. The van der Waals surface area contributed by atoms with Crippen molar-refractivity contribution >= 4 is 55.2 Å². The van der Waals surface area contributed by atoms with E-state index in [-0.39, 0.29) is 5.56 Å². The number of carbonyl (C=O) groups is 1. The SMILES string of the molecule is Cn1nnnc1Sc1ccc(Br)cc1NC(=O)c1cc(Br)ccc1F. The first-order chi connectivity index (χ1) is 11.9. The Labute approximate surface area is 163 Å². The van der Waals surface area contributed by atoms with Crippen LogP contribution in [0.3, 0.4) is 0 Å². The molecule has 6 nitrogen and oxygen atoms in total. The molecule has 1 heterocycles. The first-order valence-corrected chi connectivity index (χ1v) is 9.30. The fraction of sp³-hybridized carbons (Fsp3) is 0.0667. The number of aromatic nitrogens is 4. The second kappa shape index (κ2) is 7.63. The highest BCUT2D eigenvalue weighted by molar-refractivity contribution is 9.10. The van der Waals surface area contributed by atoms with Crippen LogP contribution in [0.25, 0.3) is 0 Å². The monoisotopic (exact) mass is 485 g/mol. The van der Waals surface area contributed by atoms with Gasteiger partial charge in [-0.05, 0) is 58.6 Å². The quantitative estimate of drug-likeness (QED) is 0.595. The van der Waals surface area contributed by atoms with Gasteiger partial charge in [0.2, 0.25) is 5.16 Å². The summed E-state index contributed by atoms with van der Waals surface area (Å²) in [4.78, 5) is 13.2. The van der Waals surface area contributed by atoms with Gasteiger partial charge in [-0.15, -0.1) is 5.10 Å². The first-order valence-electron chi connectivity index (χ1n) is 6.90. The Bertz CT molecular complexity index is 949. The van der Waals surface area contributed by atoms with Crippen molar-refractivity contribution in [3.63, 3.8) is 0 Å². The largest absolute Gasteiger partial charge is 0.321 e. The molecule has 128 valence electrons. The summed E-state index contributed by atoms with van der Waals surface area (Å²) < 4.78 is 16.8. The van der Waals surface area contributed by atoms with Crippen LogP contribution in [0.1, 0.15) is 10.4 Å². The van der Waals surface area contributed by atoms with Gasteiger partial charge in [0, 0.05) is 20.9 Å². The third kappa shape index (κ3) is 4.25. The summed E-state index contributed by atoms with van der Waals surface area (Å²) >= 11 is 7.90. The molecule has 1 N–H and O–H groups in total. The molecule has 0 aliphatic carbocycles. The number of carbonyl (C=O) groups excluding carboxylic acids is 1. The van der Waals surface area contributed by atoms with E-state index < -0.39 is 11.7 Å². The Morgan fingerprint density at radius 3 is 2.64 bits per heavy atom. The molecule has 2 aromatic carbocycles. The van der Waals surface area contributed by atoms with Gasteiger partial charge in [0.25, 0.3) is 5.91 Å². The number of aryl methyl sites for hydroxylation is 1. The third-order valence-corrected chi connectivity index (χ3v) is 5.24. The van der Waals surface area contributed by atoms with Gasteiger partial charge in [0.05, 0.1) is 11.3 Å². The van der Waals surface area contributed by atoms with E-state index in [1.54, 1.807) is 13.1 Å². The number of tetrazole rings is 1. The summed E-state index contributed by atoms with van der Waals surface area (Å²) in [6, 6.07) is 9.59. The molecule has 0 saturated heterocycles. The van der Waals surface area contributed by atoms with E-state index in [1.807, 2.05) is 12.1 Å². The van der Waals surface area contributed by atoms with Gasteiger partial charge in [0.1, 0.15) is 5.82 Å². The fourth-order valence-corrected chi connectivity index (χ4v) is 3.48. The summed E-state index contributed by atoms with van der Waals surface area (Å²) in [6.45, 7) is 0. The van der Waals surface area contributed by atoms with E-state index >= 15 is 0 Å². The predicted molar refractivity (Wildman–Crippen MR) is 99.1 cm³/mol. The van der Waals surface area contributed by atoms with Gasteiger partial charge >= 0.3 is 0 Å². The van der Waals surface area contributed by atoms with Gasteiger partial charge in [-0.25, -0.2) is 9.07 Å². The molecule has 3 aromatic rings. The third-order valence-electron chi connectivity index (χ3n) is 3.15. The van der Waals surface area contributed by atoms with Crippen LogP contribution in [0.15, 0.2) is 55.4 Å². The van der Waals surface area contributed by atoms with Crippen LogP contribution in [-0.2, 0) is 7.05 Å². The van der Waals surface area contributed by atoms with Crippen LogP contribution in [0, 0.1) is 5.82 Å². The standard InChI is InChI=1S/C15H10Br2FN5OS/c1-23-15(20-21-22-23)25-13-5-3-9(17)7-12(13)19-14(24)10-6-8(16)2-4-11(10)18/h2-7H,1H3,(H,19,24). The Morgan fingerprint density at radius 2 is 1.92 bits per heavy atom. The van der Waals surface area contributed by atoms with Crippen LogP contribution in [-0.4, -0.2) is 26.1 Å². The average Bonchev–Trinajstić information content (AvgIpc) is 2.97. The number of hydrogen-bond donors (Lipinski definition) is 1. The molecule has 1 amide bonds. The zero-order chi connectivity index (χ0) is 18.0. The molecule has 1 aromatic heterocycles. The number of nitrogens with one attached hydrogen (secondary N) is 1. The smallest absolute Gasteiger partial charge is 0.258 e.